The van der Waals surface area contributed by atoms with Crippen LogP contribution in [-0.2, 0) is 0 Å². The lowest BCUT2D eigenvalue weighted by molar-refractivity contribution is 0.465. The van der Waals surface area contributed by atoms with Crippen LogP contribution in [0.4, 0.5) is 26.4 Å². The van der Waals surface area contributed by atoms with E-state index in [1.54, 1.807) is 49.8 Å². The van der Waals surface area contributed by atoms with E-state index in [2.05, 4.69) is 35.6 Å². The summed E-state index contributed by atoms with van der Waals surface area (Å²) >= 11 is 6.45. The molecule has 8 nitrogen and oxygen atoms in total. The Morgan fingerprint density at radius 1 is 1.00 bits per heavy atom. The number of ether oxygens (including phenoxy) is 1. The predicted octanol–water partition coefficient (Wildman–Crippen LogP) is 5.92. The average Bonchev–Trinajstić information content (AvgIpc) is 3.27. The maximum absolute atomic E-state index is 13.9. The number of nitrogens with one attached hydrogen (secondary N) is 3. The molecule has 2 aromatic carbocycles. The zero-order valence-corrected chi connectivity index (χ0v) is 18.4. The Labute approximate surface area is 197 Å². The second-order valence-electron chi connectivity index (χ2n) is 7.09. The summed E-state index contributed by atoms with van der Waals surface area (Å²) in [4.78, 5) is 19.8. The number of aromatic amines is 1. The number of aromatic nitrogens is 5. The summed E-state index contributed by atoms with van der Waals surface area (Å²) in [5.41, 5.74) is 2.12. The van der Waals surface area contributed by atoms with Crippen LogP contribution in [0.2, 0.25) is 5.02 Å². The molecule has 0 fully saturated rings. The van der Waals surface area contributed by atoms with Gasteiger partial charge >= 0.3 is 0 Å². The van der Waals surface area contributed by atoms with Crippen LogP contribution in [0.15, 0.2) is 60.9 Å². The minimum Gasteiger partial charge on any atom is -0.437 e. The van der Waals surface area contributed by atoms with E-state index in [0.29, 0.717) is 45.1 Å². The molecule has 170 valence electrons. The van der Waals surface area contributed by atoms with Gasteiger partial charge in [-0.25, -0.2) is 28.7 Å². The largest absolute Gasteiger partial charge is 0.437 e. The lowest BCUT2D eigenvalue weighted by atomic mass is 10.2. The number of hydrogen-bond donors (Lipinski definition) is 3. The number of benzene rings is 2. The number of H-pyrrole nitrogens is 1. The van der Waals surface area contributed by atoms with E-state index in [4.69, 9.17) is 16.3 Å². The molecule has 0 aliphatic rings. The number of hydrogen-bond acceptors (Lipinski definition) is 7. The molecule has 0 spiro atoms. The van der Waals surface area contributed by atoms with Gasteiger partial charge in [0, 0.05) is 25.1 Å². The Balaban J connectivity index is 1.40. The standard InChI is InChI=1S/C23H16ClF2N7O/c1-27-22-29-10-8-16(31-22)13-3-2-9-28-21(13)34-18-7-4-12(11-14(18)24)30-23-32-17-6-5-15(25)19(26)20(17)33-23/h2-11H,1H3,(H,27,29,31)(H2,30,32,33). The van der Waals surface area contributed by atoms with Crippen LogP contribution in [0.25, 0.3) is 22.3 Å². The third-order valence-electron chi connectivity index (χ3n) is 4.87. The van der Waals surface area contributed by atoms with Crippen molar-refractivity contribution in [2.75, 3.05) is 17.7 Å². The monoisotopic (exact) mass is 479 g/mol. The maximum atomic E-state index is 13.9. The van der Waals surface area contributed by atoms with Crippen molar-refractivity contribution in [1.29, 1.82) is 0 Å². The molecular formula is C23H16ClF2N7O. The molecule has 3 aromatic heterocycles. The van der Waals surface area contributed by atoms with Gasteiger partial charge < -0.3 is 20.4 Å². The van der Waals surface area contributed by atoms with Gasteiger partial charge in [-0.15, -0.1) is 0 Å². The summed E-state index contributed by atoms with van der Waals surface area (Å²) in [7, 11) is 1.73. The molecule has 0 aliphatic heterocycles. The van der Waals surface area contributed by atoms with Crippen molar-refractivity contribution in [1.82, 2.24) is 24.9 Å². The number of pyridine rings is 1. The lowest BCUT2D eigenvalue weighted by Crippen LogP contribution is -1.98. The van der Waals surface area contributed by atoms with E-state index in [0.717, 1.165) is 6.07 Å². The van der Waals surface area contributed by atoms with Gasteiger partial charge in [-0.3, -0.25) is 0 Å². The van der Waals surface area contributed by atoms with Crippen LogP contribution in [0.3, 0.4) is 0 Å². The van der Waals surface area contributed by atoms with Gasteiger partial charge in [0.05, 0.1) is 21.8 Å². The molecule has 3 heterocycles. The highest BCUT2D eigenvalue weighted by molar-refractivity contribution is 6.32. The number of anilines is 3. The van der Waals surface area contributed by atoms with Crippen LogP contribution in [-0.4, -0.2) is 32.0 Å². The number of halogens is 3. The number of nitrogens with zero attached hydrogens (tertiary/aromatic N) is 4. The predicted molar refractivity (Wildman–Crippen MR) is 126 cm³/mol. The summed E-state index contributed by atoms with van der Waals surface area (Å²) in [6, 6.07) is 12.8. The number of fused-ring (bicyclic) bond motifs is 1. The Hall–Kier alpha value is -4.31. The van der Waals surface area contributed by atoms with Crippen molar-refractivity contribution in [3.8, 4) is 22.9 Å². The van der Waals surface area contributed by atoms with Crippen molar-refractivity contribution in [2.24, 2.45) is 0 Å². The first-order valence-corrected chi connectivity index (χ1v) is 10.4. The molecule has 0 bridgehead atoms. The molecule has 5 rings (SSSR count). The van der Waals surface area contributed by atoms with E-state index in [9.17, 15) is 8.78 Å². The SMILES string of the molecule is CNc1nccc(-c2cccnc2Oc2ccc(Nc3nc4c(F)c(F)ccc4[nH]3)cc2Cl)n1. The summed E-state index contributed by atoms with van der Waals surface area (Å²) in [6.45, 7) is 0. The third-order valence-corrected chi connectivity index (χ3v) is 5.17. The molecule has 5 aromatic rings. The molecule has 0 saturated heterocycles. The molecule has 0 aliphatic carbocycles. The molecule has 0 saturated carbocycles. The van der Waals surface area contributed by atoms with Gasteiger partial charge in [-0.1, -0.05) is 11.6 Å². The third kappa shape index (κ3) is 4.18. The molecule has 0 atom stereocenters. The lowest BCUT2D eigenvalue weighted by Gasteiger charge is -2.12. The second-order valence-corrected chi connectivity index (χ2v) is 7.49. The van der Waals surface area contributed by atoms with E-state index in [1.165, 1.54) is 6.07 Å². The van der Waals surface area contributed by atoms with Crippen LogP contribution in [0.5, 0.6) is 11.6 Å². The summed E-state index contributed by atoms with van der Waals surface area (Å²) in [6.07, 6.45) is 3.24. The van der Waals surface area contributed by atoms with Gasteiger partial charge in [0.25, 0.3) is 0 Å². The average molecular weight is 480 g/mol. The fourth-order valence-corrected chi connectivity index (χ4v) is 3.49. The summed E-state index contributed by atoms with van der Waals surface area (Å²) in [5, 5.41) is 6.18. The van der Waals surface area contributed by atoms with Crippen LogP contribution < -0.4 is 15.4 Å². The zero-order chi connectivity index (χ0) is 23.7. The maximum Gasteiger partial charge on any atom is 0.228 e. The molecule has 34 heavy (non-hydrogen) atoms. The quantitative estimate of drug-likeness (QED) is 0.278. The Kier molecular flexibility index (Phi) is 5.64. The number of rotatable bonds is 6. The van der Waals surface area contributed by atoms with Gasteiger partial charge in [0.2, 0.25) is 17.8 Å². The molecule has 11 heteroatoms. The van der Waals surface area contributed by atoms with Crippen molar-refractivity contribution in [3.63, 3.8) is 0 Å². The van der Waals surface area contributed by atoms with E-state index < -0.39 is 11.6 Å². The van der Waals surface area contributed by atoms with Crippen molar-refractivity contribution in [2.45, 2.75) is 0 Å². The first-order chi connectivity index (χ1) is 16.5. The minimum atomic E-state index is -1.01. The Morgan fingerprint density at radius 3 is 2.71 bits per heavy atom. The molecule has 0 unspecified atom stereocenters. The van der Waals surface area contributed by atoms with Crippen LogP contribution in [0.1, 0.15) is 0 Å². The minimum absolute atomic E-state index is 0.0950. The van der Waals surface area contributed by atoms with Gasteiger partial charge in [-0.2, -0.15) is 0 Å². The summed E-state index contributed by atoms with van der Waals surface area (Å²) in [5.74, 6) is -0.587. The van der Waals surface area contributed by atoms with Gasteiger partial charge in [-0.05, 0) is 48.5 Å². The topological polar surface area (TPSA) is 101 Å². The van der Waals surface area contributed by atoms with Crippen molar-refractivity contribution in [3.05, 3.63) is 77.6 Å². The smallest absolute Gasteiger partial charge is 0.228 e. The fraction of sp³-hybridized carbons (Fsp3) is 0.0435. The second kappa shape index (κ2) is 8.91. The highest BCUT2D eigenvalue weighted by Crippen LogP contribution is 2.35. The van der Waals surface area contributed by atoms with Gasteiger partial charge in [0.1, 0.15) is 11.3 Å². The molecular weight excluding hydrogens is 464 g/mol. The van der Waals surface area contributed by atoms with Crippen LogP contribution >= 0.6 is 11.6 Å². The molecule has 3 N–H and O–H groups in total. The zero-order valence-electron chi connectivity index (χ0n) is 17.6. The molecule has 0 radical (unpaired) electrons. The molecule has 0 amide bonds. The first kappa shape index (κ1) is 21.5. The number of imidazole rings is 1. The Morgan fingerprint density at radius 2 is 1.88 bits per heavy atom. The fourth-order valence-electron chi connectivity index (χ4n) is 3.28. The highest BCUT2D eigenvalue weighted by atomic mass is 35.5. The van der Waals surface area contributed by atoms with E-state index in [1.807, 2.05) is 6.07 Å². The summed E-state index contributed by atoms with van der Waals surface area (Å²) < 4.78 is 33.4. The van der Waals surface area contributed by atoms with Gasteiger partial charge in [0.15, 0.2) is 11.6 Å². The highest BCUT2D eigenvalue weighted by Gasteiger charge is 2.15. The first-order valence-electron chi connectivity index (χ1n) is 10.1. The normalized spacial score (nSPS) is 10.9. The van der Waals surface area contributed by atoms with Crippen LogP contribution in [0, 0.1) is 11.6 Å². The van der Waals surface area contributed by atoms with E-state index >= 15 is 0 Å². The Bertz CT molecular complexity index is 1510. The van der Waals surface area contributed by atoms with Crippen molar-refractivity contribution >= 4 is 40.2 Å². The van der Waals surface area contributed by atoms with Crippen molar-refractivity contribution < 1.29 is 13.5 Å². The van der Waals surface area contributed by atoms with E-state index in [-0.39, 0.29) is 11.5 Å².